The molecular weight excluding hydrogens is 488 g/mol. The van der Waals surface area contributed by atoms with Crippen LogP contribution < -0.4 is 15.4 Å². The van der Waals surface area contributed by atoms with Crippen molar-refractivity contribution in [1.82, 2.24) is 15.5 Å². The fourth-order valence-corrected chi connectivity index (χ4v) is 4.07. The van der Waals surface area contributed by atoms with Crippen LogP contribution >= 0.6 is 35.3 Å². The normalized spacial score (nSPS) is 13.1. The molecule has 2 heterocycles. The lowest BCUT2D eigenvalue weighted by molar-refractivity contribution is -0.137. The molecule has 3 aromatic rings. The number of amides is 1. The number of hydrogen-bond donors (Lipinski definition) is 2. The van der Waals surface area contributed by atoms with Crippen molar-refractivity contribution in [3.05, 3.63) is 68.7 Å². The van der Waals surface area contributed by atoms with Crippen molar-refractivity contribution in [2.45, 2.75) is 25.7 Å². The average Bonchev–Trinajstić information content (AvgIpc) is 3.19. The van der Waals surface area contributed by atoms with Crippen molar-refractivity contribution >= 4 is 46.4 Å². The molecule has 32 heavy (non-hydrogen) atoms. The maximum atomic E-state index is 12.9. The van der Waals surface area contributed by atoms with E-state index in [4.69, 9.17) is 16.3 Å². The molecule has 2 aromatic carbocycles. The zero-order valence-corrected chi connectivity index (χ0v) is 18.7. The number of aromatic nitrogens is 2. The average molecular weight is 505 g/mol. The van der Waals surface area contributed by atoms with Crippen LogP contribution in [0.4, 0.5) is 18.3 Å². The van der Waals surface area contributed by atoms with Gasteiger partial charge in [-0.1, -0.05) is 35.1 Å². The van der Waals surface area contributed by atoms with Gasteiger partial charge >= 0.3 is 6.18 Å². The molecule has 1 aliphatic rings. The van der Waals surface area contributed by atoms with Crippen LogP contribution in [-0.4, -0.2) is 22.6 Å². The Morgan fingerprint density at radius 1 is 1.22 bits per heavy atom. The highest BCUT2D eigenvalue weighted by molar-refractivity contribution is 7.15. The van der Waals surface area contributed by atoms with Gasteiger partial charge in [0.2, 0.25) is 5.13 Å². The minimum Gasteiger partial charge on any atom is -0.485 e. The number of nitrogens with one attached hydrogen (secondary N) is 2. The van der Waals surface area contributed by atoms with Gasteiger partial charge in [-0.05, 0) is 48.4 Å². The number of anilines is 1. The standard InChI is InChI=1S/C20H16ClF3N4O2S.ClH/c21-17-14(20(22,23)24)2-1-3-15(17)30-10-16-27-28-19(31-16)26-18(29)12-4-5-13-9-25-7-6-11(13)8-12;/h1-5,8,25H,6-7,9-10H2,(H,26,28,29);1H. The molecule has 0 fully saturated rings. The Morgan fingerprint density at radius 3 is 2.81 bits per heavy atom. The van der Waals surface area contributed by atoms with Gasteiger partial charge in [0.25, 0.3) is 5.91 Å². The summed E-state index contributed by atoms with van der Waals surface area (Å²) in [5, 5.41) is 13.9. The predicted molar refractivity (Wildman–Crippen MR) is 118 cm³/mol. The van der Waals surface area contributed by atoms with E-state index in [0.29, 0.717) is 10.6 Å². The lowest BCUT2D eigenvalue weighted by atomic mass is 9.98. The molecule has 0 spiro atoms. The second-order valence-electron chi connectivity index (χ2n) is 6.77. The summed E-state index contributed by atoms with van der Waals surface area (Å²) in [6.45, 7) is 1.51. The van der Waals surface area contributed by atoms with Gasteiger partial charge in [-0.15, -0.1) is 22.6 Å². The third-order valence-electron chi connectivity index (χ3n) is 4.66. The van der Waals surface area contributed by atoms with Gasteiger partial charge in [-0.25, -0.2) is 0 Å². The van der Waals surface area contributed by atoms with E-state index in [0.717, 1.165) is 42.5 Å². The zero-order valence-electron chi connectivity index (χ0n) is 16.3. The SMILES string of the molecule is Cl.O=C(Nc1nnc(COc2cccc(C(F)(F)F)c2Cl)s1)c1ccc2c(c1)CCNC2. The fraction of sp³-hybridized carbons (Fsp3) is 0.250. The predicted octanol–water partition coefficient (Wildman–Crippen LogP) is 5.11. The Labute approximate surface area is 196 Å². The van der Waals surface area contributed by atoms with Crippen molar-refractivity contribution in [3.63, 3.8) is 0 Å². The van der Waals surface area contributed by atoms with Gasteiger partial charge in [0, 0.05) is 12.1 Å². The van der Waals surface area contributed by atoms with Crippen LogP contribution in [0.2, 0.25) is 5.02 Å². The molecule has 170 valence electrons. The van der Waals surface area contributed by atoms with E-state index < -0.39 is 16.8 Å². The number of carbonyl (C=O) groups excluding carboxylic acids is 1. The van der Waals surface area contributed by atoms with Crippen LogP contribution in [0.3, 0.4) is 0 Å². The molecule has 0 radical (unpaired) electrons. The molecule has 1 aliphatic heterocycles. The number of fused-ring (bicyclic) bond motifs is 1. The van der Waals surface area contributed by atoms with Gasteiger partial charge < -0.3 is 10.1 Å². The number of alkyl halides is 3. The highest BCUT2D eigenvalue weighted by Gasteiger charge is 2.34. The van der Waals surface area contributed by atoms with Crippen LogP contribution in [-0.2, 0) is 25.7 Å². The molecule has 0 saturated carbocycles. The number of carbonyl (C=O) groups is 1. The van der Waals surface area contributed by atoms with Gasteiger partial charge in [0.05, 0.1) is 10.6 Å². The van der Waals surface area contributed by atoms with Gasteiger partial charge in [-0.3, -0.25) is 10.1 Å². The molecule has 12 heteroatoms. The summed E-state index contributed by atoms with van der Waals surface area (Å²) in [7, 11) is 0. The molecule has 1 amide bonds. The first-order chi connectivity index (χ1) is 14.8. The molecule has 0 atom stereocenters. The highest BCUT2D eigenvalue weighted by atomic mass is 35.5. The number of rotatable bonds is 5. The van der Waals surface area contributed by atoms with Crippen molar-refractivity contribution in [1.29, 1.82) is 0 Å². The Morgan fingerprint density at radius 2 is 2.03 bits per heavy atom. The maximum absolute atomic E-state index is 12.9. The molecular formula is C20H17Cl2F3N4O2S. The van der Waals surface area contributed by atoms with Crippen LogP contribution in [0.15, 0.2) is 36.4 Å². The van der Waals surface area contributed by atoms with Crippen LogP contribution in [0, 0.1) is 0 Å². The van der Waals surface area contributed by atoms with E-state index in [1.54, 1.807) is 6.07 Å². The summed E-state index contributed by atoms with van der Waals surface area (Å²) in [5.74, 6) is -0.424. The minimum atomic E-state index is -4.58. The van der Waals surface area contributed by atoms with Crippen molar-refractivity contribution in [3.8, 4) is 5.75 Å². The van der Waals surface area contributed by atoms with E-state index in [1.807, 2.05) is 12.1 Å². The monoisotopic (exact) mass is 504 g/mol. The summed E-state index contributed by atoms with van der Waals surface area (Å²) in [4.78, 5) is 12.5. The molecule has 0 aliphatic carbocycles. The first kappa shape index (κ1) is 24.2. The second-order valence-corrected chi connectivity index (χ2v) is 8.21. The lowest BCUT2D eigenvalue weighted by Crippen LogP contribution is -2.24. The van der Waals surface area contributed by atoms with Crippen LogP contribution in [0.1, 0.15) is 32.1 Å². The highest BCUT2D eigenvalue weighted by Crippen LogP contribution is 2.39. The number of ether oxygens (including phenoxy) is 1. The summed E-state index contributed by atoms with van der Waals surface area (Å²) in [6.07, 6.45) is -3.72. The van der Waals surface area contributed by atoms with Gasteiger partial charge in [0.15, 0.2) is 5.01 Å². The quantitative estimate of drug-likeness (QED) is 0.504. The Bertz CT molecular complexity index is 1120. The second kappa shape index (κ2) is 10.0. The van der Waals surface area contributed by atoms with E-state index in [-0.39, 0.29) is 35.8 Å². The number of benzene rings is 2. The fourth-order valence-electron chi connectivity index (χ4n) is 3.13. The number of hydrogen-bond acceptors (Lipinski definition) is 6. The van der Waals surface area contributed by atoms with Gasteiger partial charge in [0.1, 0.15) is 12.4 Å². The largest absolute Gasteiger partial charge is 0.485 e. The summed E-state index contributed by atoms with van der Waals surface area (Å²) >= 11 is 6.88. The topological polar surface area (TPSA) is 76.1 Å². The van der Waals surface area contributed by atoms with E-state index in [1.165, 1.54) is 17.7 Å². The molecule has 0 unspecified atom stereocenters. The first-order valence-electron chi connectivity index (χ1n) is 9.26. The van der Waals surface area contributed by atoms with Crippen LogP contribution in [0.25, 0.3) is 0 Å². The third kappa shape index (κ3) is 5.50. The molecule has 0 saturated heterocycles. The van der Waals surface area contributed by atoms with E-state index in [9.17, 15) is 18.0 Å². The Balaban J connectivity index is 0.00000289. The number of halogens is 5. The maximum Gasteiger partial charge on any atom is 0.417 e. The zero-order chi connectivity index (χ0) is 22.0. The molecule has 4 rings (SSSR count). The van der Waals surface area contributed by atoms with Crippen LogP contribution in [0.5, 0.6) is 5.75 Å². The van der Waals surface area contributed by atoms with Crippen molar-refractivity contribution in [2.24, 2.45) is 0 Å². The third-order valence-corrected chi connectivity index (χ3v) is 5.86. The van der Waals surface area contributed by atoms with E-state index >= 15 is 0 Å². The van der Waals surface area contributed by atoms with Gasteiger partial charge in [-0.2, -0.15) is 13.2 Å². The first-order valence-corrected chi connectivity index (χ1v) is 10.5. The lowest BCUT2D eigenvalue weighted by Gasteiger charge is -2.17. The number of nitrogens with zero attached hydrogens (tertiary/aromatic N) is 2. The molecule has 2 N–H and O–H groups in total. The minimum absolute atomic E-state index is 0. The van der Waals surface area contributed by atoms with Crippen molar-refractivity contribution < 1.29 is 22.7 Å². The summed E-state index contributed by atoms with van der Waals surface area (Å²) < 4.78 is 44.2. The Kier molecular flexibility index (Phi) is 7.60. The summed E-state index contributed by atoms with van der Waals surface area (Å²) in [6, 6.07) is 8.98. The molecule has 6 nitrogen and oxygen atoms in total. The smallest absolute Gasteiger partial charge is 0.417 e. The molecule has 1 aromatic heterocycles. The van der Waals surface area contributed by atoms with Crippen molar-refractivity contribution in [2.75, 3.05) is 11.9 Å². The van der Waals surface area contributed by atoms with E-state index in [2.05, 4.69) is 20.8 Å². The Hall–Kier alpha value is -2.40. The molecule has 0 bridgehead atoms. The summed E-state index contributed by atoms with van der Waals surface area (Å²) in [5.41, 5.74) is 1.85.